The normalized spacial score (nSPS) is 19.1. The lowest BCUT2D eigenvalue weighted by molar-refractivity contribution is -0.142. The molecule has 0 saturated carbocycles. The number of sulfone groups is 1. The molecule has 2 N–H and O–H groups in total. The van der Waals surface area contributed by atoms with Crippen LogP contribution in [0.25, 0.3) is 0 Å². The summed E-state index contributed by atoms with van der Waals surface area (Å²) in [7, 11) is -3.58. The van der Waals surface area contributed by atoms with Crippen molar-refractivity contribution in [1.82, 2.24) is 0 Å². The molecule has 0 amide bonds. The number of ether oxygens (including phenoxy) is 1. The molecule has 1 aliphatic heterocycles. The molecule has 0 unspecified atom stereocenters. The fraction of sp³-hybridized carbons (Fsp3) is 0.375. The van der Waals surface area contributed by atoms with Crippen molar-refractivity contribution in [2.24, 2.45) is 5.73 Å². The van der Waals surface area contributed by atoms with Gasteiger partial charge in [-0.25, -0.2) is 13.2 Å². The summed E-state index contributed by atoms with van der Waals surface area (Å²) in [5.41, 5.74) is 5.16. The summed E-state index contributed by atoms with van der Waals surface area (Å²) >= 11 is 0. The number of carbonyl (C=O) groups excluding carboxylic acids is 1. The summed E-state index contributed by atoms with van der Waals surface area (Å²) in [5, 5.41) is 0.447. The first kappa shape index (κ1) is 10.8. The number of esters is 1. The van der Waals surface area contributed by atoms with E-state index >= 15 is 0 Å². The van der Waals surface area contributed by atoms with Gasteiger partial charge in [-0.3, -0.25) is 0 Å². The summed E-state index contributed by atoms with van der Waals surface area (Å²) < 4.78 is 27.0. The Kier molecular flexibility index (Phi) is 2.66. The van der Waals surface area contributed by atoms with Crippen LogP contribution in [-0.2, 0) is 19.4 Å². The molecule has 0 saturated heterocycles. The van der Waals surface area contributed by atoms with Crippen LogP contribution in [0.4, 0.5) is 0 Å². The van der Waals surface area contributed by atoms with Gasteiger partial charge in [0.25, 0.3) is 0 Å². The first-order valence-corrected chi connectivity index (χ1v) is 5.53. The number of nitrogens with two attached hydrogens (primary N) is 1. The van der Waals surface area contributed by atoms with Crippen molar-refractivity contribution in [3.05, 3.63) is 22.1 Å². The molecule has 6 heteroatoms. The molecule has 0 bridgehead atoms. The highest BCUT2D eigenvalue weighted by molar-refractivity contribution is 7.98. The predicted octanol–water partition coefficient (Wildman–Crippen LogP) is 0.0504. The zero-order valence-electron chi connectivity index (χ0n) is 7.85. The van der Waals surface area contributed by atoms with E-state index in [0.29, 0.717) is 0 Å². The van der Waals surface area contributed by atoms with Crippen molar-refractivity contribution >= 4 is 15.8 Å². The number of rotatable bonds is 2. The van der Waals surface area contributed by atoms with Gasteiger partial charge >= 0.3 is 5.97 Å². The Labute approximate surface area is 82.1 Å². The molecule has 1 rings (SSSR count). The van der Waals surface area contributed by atoms with Gasteiger partial charge in [0.1, 0.15) is 5.03 Å². The molecule has 14 heavy (non-hydrogen) atoms. The van der Waals surface area contributed by atoms with E-state index in [1.807, 2.05) is 0 Å². The van der Waals surface area contributed by atoms with E-state index in [1.165, 1.54) is 0 Å². The van der Waals surface area contributed by atoms with Crippen LogP contribution in [0.5, 0.6) is 0 Å². The van der Waals surface area contributed by atoms with Gasteiger partial charge in [0.15, 0.2) is 0 Å². The van der Waals surface area contributed by atoms with E-state index in [2.05, 4.69) is 0 Å². The third kappa shape index (κ3) is 1.95. The Balaban J connectivity index is 2.97. The van der Waals surface area contributed by atoms with Crippen molar-refractivity contribution < 1.29 is 17.9 Å². The molecule has 0 fully saturated rings. The van der Waals surface area contributed by atoms with Crippen LogP contribution in [0.3, 0.4) is 0 Å². The second kappa shape index (κ2) is 3.45. The summed E-state index contributed by atoms with van der Waals surface area (Å²) in [4.78, 5) is 11.3. The van der Waals surface area contributed by atoms with E-state index in [9.17, 15) is 13.2 Å². The fourth-order valence-electron chi connectivity index (χ4n) is 0.913. The maximum Gasteiger partial charge on any atom is 0.341 e. The third-order valence-electron chi connectivity index (χ3n) is 1.55. The molecule has 1 aliphatic rings. The Morgan fingerprint density at radius 1 is 1.50 bits per heavy atom. The Bertz CT molecular complexity index is 417. The molecule has 78 valence electrons. The van der Waals surface area contributed by atoms with Crippen molar-refractivity contribution in [3.8, 4) is 0 Å². The van der Waals surface area contributed by atoms with Gasteiger partial charge in [0.05, 0.1) is 11.7 Å². The minimum Gasteiger partial charge on any atom is -0.459 e. The maximum atomic E-state index is 11.3. The molecule has 0 radical (unpaired) electrons. The highest BCUT2D eigenvalue weighted by Crippen LogP contribution is 2.19. The standard InChI is InChI=1S/C8H11NO4S/c1-5(2)13-8(10)6-3-4-14(11,12)7(6)9/h3-5H,9H2,1-2H3. The Morgan fingerprint density at radius 3 is 2.43 bits per heavy atom. The van der Waals surface area contributed by atoms with Gasteiger partial charge in [-0.05, 0) is 19.9 Å². The van der Waals surface area contributed by atoms with Crippen LogP contribution in [-0.4, -0.2) is 20.5 Å². The van der Waals surface area contributed by atoms with Crippen LogP contribution in [0.1, 0.15) is 13.8 Å². The van der Waals surface area contributed by atoms with Crippen LogP contribution in [0, 0.1) is 0 Å². The van der Waals surface area contributed by atoms with E-state index < -0.39 is 20.8 Å². The highest BCUT2D eigenvalue weighted by Gasteiger charge is 2.27. The highest BCUT2D eigenvalue weighted by atomic mass is 32.2. The topological polar surface area (TPSA) is 86.5 Å². The lowest BCUT2D eigenvalue weighted by atomic mass is 10.3. The Hall–Kier alpha value is -1.30. The molecule has 0 aromatic heterocycles. The molecule has 1 heterocycles. The predicted molar refractivity (Wildman–Crippen MR) is 50.5 cm³/mol. The first-order valence-electron chi connectivity index (χ1n) is 3.98. The van der Waals surface area contributed by atoms with Gasteiger partial charge in [-0.1, -0.05) is 0 Å². The molecule has 0 atom stereocenters. The zero-order chi connectivity index (χ0) is 10.9. The number of carbonyl (C=O) groups is 1. The average molecular weight is 217 g/mol. The summed E-state index contributed by atoms with van der Waals surface area (Å²) in [6.45, 7) is 3.34. The van der Waals surface area contributed by atoms with Gasteiger partial charge in [0.2, 0.25) is 9.84 Å². The SMILES string of the molecule is CC(C)OC(=O)C1=C(N)S(=O)(=O)C=C1. The smallest absolute Gasteiger partial charge is 0.341 e. The van der Waals surface area contributed by atoms with E-state index in [0.717, 1.165) is 11.5 Å². The molecular formula is C8H11NO4S. The zero-order valence-corrected chi connectivity index (χ0v) is 8.67. The van der Waals surface area contributed by atoms with Gasteiger partial charge < -0.3 is 10.5 Å². The molecule has 0 aromatic rings. The summed E-state index contributed by atoms with van der Waals surface area (Å²) in [6, 6.07) is 0. The second-order valence-corrected chi connectivity index (χ2v) is 4.88. The monoisotopic (exact) mass is 217 g/mol. The first-order chi connectivity index (χ1) is 6.34. The molecule has 0 aromatic carbocycles. The molecule has 5 nitrogen and oxygen atoms in total. The second-order valence-electron chi connectivity index (χ2n) is 3.08. The third-order valence-corrected chi connectivity index (χ3v) is 2.88. The van der Waals surface area contributed by atoms with Crippen molar-refractivity contribution in [1.29, 1.82) is 0 Å². The van der Waals surface area contributed by atoms with E-state index in [1.54, 1.807) is 13.8 Å². The maximum absolute atomic E-state index is 11.3. The van der Waals surface area contributed by atoms with E-state index in [4.69, 9.17) is 10.5 Å². The lowest BCUT2D eigenvalue weighted by Crippen LogP contribution is -2.17. The van der Waals surface area contributed by atoms with Crippen LogP contribution >= 0.6 is 0 Å². The number of hydrogen-bond donors (Lipinski definition) is 1. The Morgan fingerprint density at radius 2 is 2.07 bits per heavy atom. The van der Waals surface area contributed by atoms with Gasteiger partial charge in [-0.15, -0.1) is 0 Å². The lowest BCUT2D eigenvalue weighted by Gasteiger charge is -2.07. The van der Waals surface area contributed by atoms with Crippen molar-refractivity contribution in [2.75, 3.05) is 0 Å². The van der Waals surface area contributed by atoms with Crippen molar-refractivity contribution in [3.63, 3.8) is 0 Å². The fourth-order valence-corrected chi connectivity index (χ4v) is 1.83. The average Bonchev–Trinajstić information content (AvgIpc) is 2.26. The quantitative estimate of drug-likeness (QED) is 0.660. The number of hydrogen-bond acceptors (Lipinski definition) is 5. The van der Waals surface area contributed by atoms with Crippen molar-refractivity contribution in [2.45, 2.75) is 20.0 Å². The van der Waals surface area contributed by atoms with Gasteiger partial charge in [-0.2, -0.15) is 0 Å². The molecular weight excluding hydrogens is 206 g/mol. The largest absolute Gasteiger partial charge is 0.459 e. The minimum absolute atomic E-state index is 0.0984. The van der Waals surface area contributed by atoms with Crippen LogP contribution in [0.2, 0.25) is 0 Å². The molecule has 0 aliphatic carbocycles. The van der Waals surface area contributed by atoms with Crippen LogP contribution < -0.4 is 5.73 Å². The summed E-state index contributed by atoms with van der Waals surface area (Å²) in [6.07, 6.45) is 0.842. The van der Waals surface area contributed by atoms with E-state index in [-0.39, 0.29) is 11.7 Å². The molecule has 0 spiro atoms. The van der Waals surface area contributed by atoms with Gasteiger partial charge in [0, 0.05) is 5.41 Å². The summed E-state index contributed by atoms with van der Waals surface area (Å²) in [5.74, 6) is -0.713. The van der Waals surface area contributed by atoms with Crippen LogP contribution in [0.15, 0.2) is 22.1 Å². The minimum atomic E-state index is -3.58.